The minimum Gasteiger partial charge on any atom is -0.497 e. The number of hydrogen-bond acceptors (Lipinski definition) is 7. The summed E-state index contributed by atoms with van der Waals surface area (Å²) in [4.78, 5) is 54.2. The van der Waals surface area contributed by atoms with E-state index in [4.69, 9.17) is 9.47 Å². The molecule has 2 aromatic heterocycles. The van der Waals surface area contributed by atoms with Gasteiger partial charge in [0.1, 0.15) is 10.6 Å². The molecule has 4 rings (SSSR count). The van der Waals surface area contributed by atoms with E-state index >= 15 is 0 Å². The molecule has 2 N–H and O–H groups in total. The fraction of sp³-hybridized carbons (Fsp3) is 0.440. The topological polar surface area (TPSA) is 119 Å². The molecule has 0 bridgehead atoms. The number of carbonyl (C=O) groups is 2. The summed E-state index contributed by atoms with van der Waals surface area (Å²) in [5.41, 5.74) is -0.0185. The Labute approximate surface area is 206 Å². The summed E-state index contributed by atoms with van der Waals surface area (Å²) in [5, 5.41) is 3.16. The summed E-state index contributed by atoms with van der Waals surface area (Å²) in [6.45, 7) is 2.16. The van der Waals surface area contributed by atoms with Crippen LogP contribution < -0.4 is 21.3 Å². The average Bonchev–Trinajstić information content (AvgIpc) is 3.31. The van der Waals surface area contributed by atoms with E-state index in [9.17, 15) is 19.2 Å². The van der Waals surface area contributed by atoms with Crippen LogP contribution in [-0.2, 0) is 16.1 Å². The molecular weight excluding hydrogens is 470 g/mol. The quantitative estimate of drug-likeness (QED) is 0.482. The number of carbonyl (C=O) groups excluding carboxylic acids is 2. The molecule has 2 heterocycles. The van der Waals surface area contributed by atoms with Crippen molar-refractivity contribution in [2.45, 2.75) is 45.2 Å². The lowest BCUT2D eigenvalue weighted by Crippen LogP contribution is -2.40. The zero-order chi connectivity index (χ0) is 25.1. The molecule has 3 aromatic rings. The highest BCUT2D eigenvalue weighted by atomic mass is 32.1. The van der Waals surface area contributed by atoms with Gasteiger partial charge in [0.2, 0.25) is 0 Å². The molecule has 1 unspecified atom stereocenters. The van der Waals surface area contributed by atoms with Crippen LogP contribution in [-0.4, -0.2) is 35.6 Å². The third-order valence-electron chi connectivity index (χ3n) is 6.83. The number of rotatable bonds is 7. The standard InChI is InChI=1S/C25H29N3O6S/c1-14(16-7-9-17(10-8-16)24(31)34-3)28-23(30)19-12-20(35-22(19)27-25(28)32)21(29)26-13-15-5-4-6-18(11-15)33-2/h4-6,11-12,14,16-17H,7-10,13H2,1-3H3,(H,26,29)(H,27,32). The summed E-state index contributed by atoms with van der Waals surface area (Å²) in [5.74, 6) is 0.134. The lowest BCUT2D eigenvalue weighted by atomic mass is 9.79. The van der Waals surface area contributed by atoms with Crippen molar-refractivity contribution in [3.63, 3.8) is 0 Å². The number of methoxy groups -OCH3 is 2. The van der Waals surface area contributed by atoms with E-state index in [-0.39, 0.29) is 29.8 Å². The summed E-state index contributed by atoms with van der Waals surface area (Å²) in [6, 6.07) is 8.59. The maximum atomic E-state index is 13.3. The van der Waals surface area contributed by atoms with Gasteiger partial charge in [-0.05, 0) is 62.3 Å². The average molecular weight is 500 g/mol. The molecule has 0 radical (unpaired) electrons. The maximum absolute atomic E-state index is 13.3. The monoisotopic (exact) mass is 499 g/mol. The minimum absolute atomic E-state index is 0.0939. The Kier molecular flexibility index (Phi) is 7.39. The third kappa shape index (κ3) is 5.17. The Bertz CT molecular complexity index is 1350. The SMILES string of the molecule is COC(=O)C1CCC(C(C)n2c(=O)[nH]c3sc(C(=O)NCc4cccc(OC)c4)cc3c2=O)CC1. The van der Waals surface area contributed by atoms with Crippen LogP contribution in [0.2, 0.25) is 0 Å². The lowest BCUT2D eigenvalue weighted by molar-refractivity contribution is -0.146. The van der Waals surface area contributed by atoms with Crippen molar-refractivity contribution in [3.05, 3.63) is 61.6 Å². The van der Waals surface area contributed by atoms with E-state index in [0.717, 1.165) is 29.7 Å². The Hall–Kier alpha value is -3.40. The van der Waals surface area contributed by atoms with Crippen molar-refractivity contribution in [1.82, 2.24) is 14.9 Å². The molecular formula is C25H29N3O6S. The smallest absolute Gasteiger partial charge is 0.329 e. The lowest BCUT2D eigenvalue weighted by Gasteiger charge is -2.31. The van der Waals surface area contributed by atoms with Gasteiger partial charge in [-0.1, -0.05) is 12.1 Å². The number of nitrogens with zero attached hydrogens (tertiary/aromatic N) is 1. The molecule has 0 spiro atoms. The van der Waals surface area contributed by atoms with Crippen LogP contribution in [0, 0.1) is 11.8 Å². The molecule has 186 valence electrons. The molecule has 1 atom stereocenters. The highest BCUT2D eigenvalue weighted by Crippen LogP contribution is 2.35. The predicted molar refractivity (Wildman–Crippen MR) is 133 cm³/mol. The molecule has 10 heteroatoms. The molecule has 1 aliphatic rings. The van der Waals surface area contributed by atoms with Gasteiger partial charge in [0.25, 0.3) is 11.5 Å². The van der Waals surface area contributed by atoms with Gasteiger partial charge in [-0.15, -0.1) is 11.3 Å². The second-order valence-electron chi connectivity index (χ2n) is 8.87. The van der Waals surface area contributed by atoms with Crippen LogP contribution in [0.1, 0.15) is 53.9 Å². The number of ether oxygens (including phenoxy) is 2. The van der Waals surface area contributed by atoms with Crippen LogP contribution in [0.5, 0.6) is 5.75 Å². The number of nitrogens with one attached hydrogen (secondary N) is 2. The number of benzene rings is 1. The van der Waals surface area contributed by atoms with Crippen LogP contribution in [0.3, 0.4) is 0 Å². The first-order valence-corrected chi connectivity index (χ1v) is 12.4. The van der Waals surface area contributed by atoms with Crippen LogP contribution in [0.25, 0.3) is 10.2 Å². The molecule has 1 aromatic carbocycles. The van der Waals surface area contributed by atoms with Crippen molar-refractivity contribution in [3.8, 4) is 5.75 Å². The first kappa shape index (κ1) is 24.7. The van der Waals surface area contributed by atoms with Crippen molar-refractivity contribution in [2.24, 2.45) is 11.8 Å². The first-order chi connectivity index (χ1) is 16.8. The van der Waals surface area contributed by atoms with Gasteiger partial charge in [0.15, 0.2) is 0 Å². The number of H-pyrrole nitrogens is 1. The van der Waals surface area contributed by atoms with Crippen molar-refractivity contribution >= 4 is 33.4 Å². The van der Waals surface area contributed by atoms with Crippen molar-refractivity contribution < 1.29 is 19.1 Å². The van der Waals surface area contributed by atoms with Crippen LogP contribution >= 0.6 is 11.3 Å². The molecule has 1 amide bonds. The fourth-order valence-corrected chi connectivity index (χ4v) is 5.73. The second-order valence-corrected chi connectivity index (χ2v) is 9.92. The highest BCUT2D eigenvalue weighted by Gasteiger charge is 2.31. The van der Waals surface area contributed by atoms with Gasteiger partial charge in [0, 0.05) is 12.6 Å². The number of amides is 1. The molecule has 1 fully saturated rings. The highest BCUT2D eigenvalue weighted by molar-refractivity contribution is 7.20. The van der Waals surface area contributed by atoms with Crippen LogP contribution in [0.15, 0.2) is 39.9 Å². The summed E-state index contributed by atoms with van der Waals surface area (Å²) < 4.78 is 11.3. The van der Waals surface area contributed by atoms with Crippen molar-refractivity contribution in [1.29, 1.82) is 0 Å². The first-order valence-electron chi connectivity index (χ1n) is 11.6. The molecule has 0 aliphatic heterocycles. The molecule has 1 aliphatic carbocycles. The number of aromatic nitrogens is 2. The van der Waals surface area contributed by atoms with Gasteiger partial charge in [-0.3, -0.25) is 23.9 Å². The predicted octanol–water partition coefficient (Wildman–Crippen LogP) is 3.23. The van der Waals surface area contributed by atoms with Gasteiger partial charge in [-0.2, -0.15) is 0 Å². The minimum atomic E-state index is -0.490. The molecule has 1 saturated carbocycles. The normalized spacial score (nSPS) is 18.7. The molecule has 0 saturated heterocycles. The second kappa shape index (κ2) is 10.5. The summed E-state index contributed by atoms with van der Waals surface area (Å²) >= 11 is 1.08. The largest absolute Gasteiger partial charge is 0.497 e. The Morgan fingerprint density at radius 2 is 1.91 bits per heavy atom. The number of hydrogen-bond donors (Lipinski definition) is 2. The number of esters is 1. The summed E-state index contributed by atoms with van der Waals surface area (Å²) in [6.07, 6.45) is 2.80. The number of aromatic amines is 1. The Balaban J connectivity index is 1.51. The molecule has 9 nitrogen and oxygen atoms in total. The van der Waals surface area contributed by atoms with Gasteiger partial charge < -0.3 is 14.8 Å². The Morgan fingerprint density at radius 1 is 1.17 bits per heavy atom. The maximum Gasteiger partial charge on any atom is 0.329 e. The van der Waals surface area contributed by atoms with E-state index in [2.05, 4.69) is 10.3 Å². The Morgan fingerprint density at radius 3 is 2.60 bits per heavy atom. The third-order valence-corrected chi connectivity index (χ3v) is 7.88. The fourth-order valence-electron chi connectivity index (χ4n) is 4.77. The zero-order valence-corrected chi connectivity index (χ0v) is 20.8. The van der Waals surface area contributed by atoms with Gasteiger partial charge >= 0.3 is 11.7 Å². The van der Waals surface area contributed by atoms with Gasteiger partial charge in [-0.25, -0.2) is 4.79 Å². The van der Waals surface area contributed by atoms with E-state index in [1.54, 1.807) is 7.11 Å². The van der Waals surface area contributed by atoms with E-state index in [0.29, 0.717) is 40.2 Å². The number of thiophene rings is 1. The van der Waals surface area contributed by atoms with Crippen molar-refractivity contribution in [2.75, 3.05) is 14.2 Å². The van der Waals surface area contributed by atoms with E-state index in [1.165, 1.54) is 17.7 Å². The molecule has 35 heavy (non-hydrogen) atoms. The van der Waals surface area contributed by atoms with Gasteiger partial charge in [0.05, 0.1) is 30.4 Å². The van der Waals surface area contributed by atoms with E-state index < -0.39 is 11.2 Å². The van der Waals surface area contributed by atoms with Crippen LogP contribution in [0.4, 0.5) is 0 Å². The summed E-state index contributed by atoms with van der Waals surface area (Å²) in [7, 11) is 2.97. The van der Waals surface area contributed by atoms with E-state index in [1.807, 2.05) is 31.2 Å². The zero-order valence-electron chi connectivity index (χ0n) is 20.0. The number of fused-ring (bicyclic) bond motifs is 1.